The topological polar surface area (TPSA) is 28.5 Å². The fourth-order valence-corrected chi connectivity index (χ4v) is 5.23. The molecule has 0 N–H and O–H groups in total. The second-order valence-electron chi connectivity index (χ2n) is 6.78. The van der Waals surface area contributed by atoms with Gasteiger partial charge in [0.05, 0.1) is 32.4 Å². The fraction of sp³-hybridized carbons (Fsp3) is 0.0909. The van der Waals surface area contributed by atoms with E-state index in [2.05, 4.69) is 6.07 Å². The van der Waals surface area contributed by atoms with Gasteiger partial charge in [-0.1, -0.05) is 47.5 Å². The highest BCUT2D eigenvalue weighted by atomic mass is 35.5. The Kier molecular flexibility index (Phi) is 5.33. The van der Waals surface area contributed by atoms with Gasteiger partial charge in [-0.15, -0.1) is 22.7 Å². The van der Waals surface area contributed by atoms with Gasteiger partial charge in [-0.25, -0.2) is 14.4 Å². The van der Waals surface area contributed by atoms with E-state index in [4.69, 9.17) is 33.3 Å². The summed E-state index contributed by atoms with van der Waals surface area (Å²) in [6.45, 7) is 0. The van der Waals surface area contributed by atoms with Crippen LogP contribution in [0.2, 0.25) is 10.0 Å². The summed E-state index contributed by atoms with van der Waals surface area (Å²) >= 11 is 15.4. The molecule has 150 valence electrons. The minimum absolute atomic E-state index is 0.0458. The van der Waals surface area contributed by atoms with Gasteiger partial charge in [-0.2, -0.15) is 5.10 Å². The molecule has 0 amide bonds. The molecule has 3 nitrogen and oxygen atoms in total. The average molecular weight is 474 g/mol. The van der Waals surface area contributed by atoms with Crippen LogP contribution >= 0.6 is 45.9 Å². The van der Waals surface area contributed by atoms with Crippen LogP contribution in [0.25, 0.3) is 11.3 Å². The van der Waals surface area contributed by atoms with Crippen molar-refractivity contribution in [3.05, 3.63) is 91.7 Å². The van der Waals surface area contributed by atoms with E-state index < -0.39 is 0 Å². The highest BCUT2D eigenvalue weighted by Gasteiger charge is 2.32. The largest absolute Gasteiger partial charge is 0.231 e. The Bertz CT molecular complexity index is 1220. The minimum atomic E-state index is -0.251. The molecule has 0 aliphatic carbocycles. The van der Waals surface area contributed by atoms with E-state index in [1.54, 1.807) is 17.4 Å². The molecule has 30 heavy (non-hydrogen) atoms. The Morgan fingerprint density at radius 2 is 1.83 bits per heavy atom. The SMILES string of the molecule is Fc1ccc([C@@H]2CC(c3cccs3)=NN2c2nc(-c3ccc(Cl)c(Cl)c3)cs2)cc1. The van der Waals surface area contributed by atoms with Crippen molar-refractivity contribution in [3.63, 3.8) is 0 Å². The summed E-state index contributed by atoms with van der Waals surface area (Å²) in [5, 5.41) is 12.6. The summed E-state index contributed by atoms with van der Waals surface area (Å²) in [5.74, 6) is -0.251. The highest BCUT2D eigenvalue weighted by Crippen LogP contribution is 2.40. The average Bonchev–Trinajstić information content (AvgIpc) is 3.50. The lowest BCUT2D eigenvalue weighted by atomic mass is 10.0. The highest BCUT2D eigenvalue weighted by molar-refractivity contribution is 7.14. The van der Waals surface area contributed by atoms with Crippen molar-refractivity contribution in [2.75, 3.05) is 5.01 Å². The number of thiophene rings is 1. The molecule has 1 aliphatic heterocycles. The zero-order valence-corrected chi connectivity index (χ0v) is 18.6. The zero-order chi connectivity index (χ0) is 20.7. The third kappa shape index (κ3) is 3.76. The third-order valence-corrected chi connectivity index (χ3v) is 7.36. The van der Waals surface area contributed by atoms with E-state index in [0.717, 1.165) is 39.0 Å². The number of benzene rings is 2. The zero-order valence-electron chi connectivity index (χ0n) is 15.4. The lowest BCUT2D eigenvalue weighted by molar-refractivity contribution is 0.624. The molecule has 1 atom stereocenters. The first-order valence-electron chi connectivity index (χ1n) is 9.15. The Morgan fingerprint density at radius 3 is 2.57 bits per heavy atom. The number of rotatable bonds is 4. The minimum Gasteiger partial charge on any atom is -0.231 e. The molecule has 0 spiro atoms. The number of thiazole rings is 1. The number of hydrogen-bond acceptors (Lipinski definition) is 5. The lowest BCUT2D eigenvalue weighted by Crippen LogP contribution is -2.18. The first kappa shape index (κ1) is 19.7. The van der Waals surface area contributed by atoms with Crippen LogP contribution in [0.4, 0.5) is 9.52 Å². The van der Waals surface area contributed by atoms with Crippen LogP contribution < -0.4 is 5.01 Å². The summed E-state index contributed by atoms with van der Waals surface area (Å²) in [6.07, 6.45) is 0.730. The van der Waals surface area contributed by atoms with E-state index >= 15 is 0 Å². The molecule has 0 saturated heterocycles. The molecule has 8 heteroatoms. The number of aromatic nitrogens is 1. The van der Waals surface area contributed by atoms with Gasteiger partial charge in [0, 0.05) is 17.4 Å². The van der Waals surface area contributed by atoms with Crippen LogP contribution in [0.1, 0.15) is 22.9 Å². The maximum Gasteiger partial charge on any atom is 0.207 e. The summed E-state index contributed by atoms with van der Waals surface area (Å²) in [6, 6.07) is 16.1. The number of hydrazone groups is 1. The molecule has 5 rings (SSSR count). The van der Waals surface area contributed by atoms with Crippen molar-refractivity contribution >= 4 is 56.7 Å². The van der Waals surface area contributed by atoms with E-state index in [1.165, 1.54) is 23.5 Å². The molecule has 0 unspecified atom stereocenters. The van der Waals surface area contributed by atoms with Gasteiger partial charge in [0.2, 0.25) is 5.13 Å². The lowest BCUT2D eigenvalue weighted by Gasteiger charge is -2.21. The fourth-order valence-electron chi connectivity index (χ4n) is 3.38. The van der Waals surface area contributed by atoms with Crippen molar-refractivity contribution in [1.29, 1.82) is 0 Å². The second kappa shape index (κ2) is 8.12. The molecule has 0 fully saturated rings. The van der Waals surface area contributed by atoms with Crippen molar-refractivity contribution in [1.82, 2.24) is 4.98 Å². The second-order valence-corrected chi connectivity index (χ2v) is 9.38. The summed E-state index contributed by atoms with van der Waals surface area (Å²) in [4.78, 5) is 5.94. The molecule has 2 aromatic heterocycles. The van der Waals surface area contributed by atoms with Gasteiger partial charge in [-0.05, 0) is 41.3 Å². The van der Waals surface area contributed by atoms with Crippen molar-refractivity contribution in [3.8, 4) is 11.3 Å². The maximum atomic E-state index is 13.5. The van der Waals surface area contributed by atoms with E-state index in [-0.39, 0.29) is 11.9 Å². The van der Waals surface area contributed by atoms with E-state index in [0.29, 0.717) is 10.0 Å². The van der Waals surface area contributed by atoms with Crippen LogP contribution in [-0.4, -0.2) is 10.7 Å². The first-order chi connectivity index (χ1) is 14.6. The van der Waals surface area contributed by atoms with Gasteiger partial charge in [0.25, 0.3) is 0 Å². The predicted octanol–water partition coefficient (Wildman–Crippen LogP) is 7.67. The predicted molar refractivity (Wildman–Crippen MR) is 125 cm³/mol. The smallest absolute Gasteiger partial charge is 0.207 e. The quantitative estimate of drug-likeness (QED) is 0.304. The van der Waals surface area contributed by atoms with Gasteiger partial charge in [-0.3, -0.25) is 0 Å². The van der Waals surface area contributed by atoms with Gasteiger partial charge >= 0.3 is 0 Å². The number of hydrogen-bond donors (Lipinski definition) is 0. The Hall–Kier alpha value is -2.25. The van der Waals surface area contributed by atoms with Crippen LogP contribution in [0.15, 0.2) is 70.5 Å². The van der Waals surface area contributed by atoms with Gasteiger partial charge in [0.15, 0.2) is 0 Å². The van der Waals surface area contributed by atoms with Crippen LogP contribution in [0.3, 0.4) is 0 Å². The van der Waals surface area contributed by atoms with Crippen LogP contribution in [0, 0.1) is 5.82 Å². The number of halogens is 3. The molecular formula is C22H14Cl2FN3S2. The van der Waals surface area contributed by atoms with E-state index in [9.17, 15) is 4.39 Å². The van der Waals surface area contributed by atoms with Gasteiger partial charge in [0.1, 0.15) is 5.82 Å². The van der Waals surface area contributed by atoms with E-state index in [1.807, 2.05) is 46.1 Å². The Morgan fingerprint density at radius 1 is 1.00 bits per heavy atom. The van der Waals surface area contributed by atoms with Crippen LogP contribution in [-0.2, 0) is 0 Å². The van der Waals surface area contributed by atoms with Gasteiger partial charge < -0.3 is 0 Å². The molecule has 2 aromatic carbocycles. The molecule has 3 heterocycles. The normalized spacial score (nSPS) is 16.2. The third-order valence-electron chi connectivity index (χ3n) is 4.87. The van der Waals surface area contributed by atoms with Crippen LogP contribution in [0.5, 0.6) is 0 Å². The molecule has 1 aliphatic rings. The molecule has 0 saturated carbocycles. The molecule has 4 aromatic rings. The van der Waals surface area contributed by atoms with Crippen molar-refractivity contribution < 1.29 is 4.39 Å². The van der Waals surface area contributed by atoms with Crippen molar-refractivity contribution in [2.45, 2.75) is 12.5 Å². The Labute approximate surface area is 191 Å². The first-order valence-corrected chi connectivity index (χ1v) is 11.7. The summed E-state index contributed by atoms with van der Waals surface area (Å²) in [5.41, 5.74) is 3.71. The summed E-state index contributed by atoms with van der Waals surface area (Å²) < 4.78 is 13.5. The monoisotopic (exact) mass is 473 g/mol. The molecule has 0 radical (unpaired) electrons. The Balaban J connectivity index is 1.53. The number of nitrogens with zero attached hydrogens (tertiary/aromatic N) is 3. The van der Waals surface area contributed by atoms with Crippen molar-refractivity contribution in [2.24, 2.45) is 5.10 Å². The molecule has 0 bridgehead atoms. The summed E-state index contributed by atoms with van der Waals surface area (Å²) in [7, 11) is 0. The molecular weight excluding hydrogens is 460 g/mol. The number of anilines is 1. The standard InChI is InChI=1S/C22H14Cl2FN3S2/c23-16-8-5-14(10-17(16)24)19-12-30-22(26-19)28-20(13-3-6-15(25)7-4-13)11-18(27-28)21-2-1-9-29-21/h1-10,12,20H,11H2/t20-/m0/s1. The maximum absolute atomic E-state index is 13.5.